The Morgan fingerprint density at radius 2 is 1.67 bits per heavy atom. The van der Waals surface area contributed by atoms with Gasteiger partial charge in [-0.05, 0) is 164 Å². The van der Waals surface area contributed by atoms with Crippen LogP contribution in [0.1, 0.15) is 172 Å². The van der Waals surface area contributed by atoms with Crippen LogP contribution in [0.2, 0.25) is 0 Å². The number of allylic oxidation sites excluding steroid dienone is 13. The first kappa shape index (κ1) is 59.8. The average Bonchev–Trinajstić information content (AvgIpc) is 3.38. The number of ether oxygens (including phenoxy) is 1. The lowest BCUT2D eigenvalue weighted by Crippen LogP contribution is -2.58. The van der Waals surface area contributed by atoms with Crippen molar-refractivity contribution in [3.63, 3.8) is 0 Å². The highest BCUT2D eigenvalue weighted by Crippen LogP contribution is 2.64. The van der Waals surface area contributed by atoms with Gasteiger partial charge in [0.15, 0.2) is 5.78 Å². The molecule has 6 heteroatoms. The first-order chi connectivity index (χ1) is 33.7. The van der Waals surface area contributed by atoms with Crippen LogP contribution in [0.25, 0.3) is 0 Å². The van der Waals surface area contributed by atoms with Crippen molar-refractivity contribution in [1.29, 1.82) is 0 Å². The van der Waals surface area contributed by atoms with Crippen LogP contribution in [-0.4, -0.2) is 68.0 Å². The van der Waals surface area contributed by atoms with Crippen molar-refractivity contribution in [3.05, 3.63) is 132 Å². The molecule has 5 aliphatic carbocycles. The summed E-state index contributed by atoms with van der Waals surface area (Å²) < 4.78 is 6.66. The van der Waals surface area contributed by atoms with E-state index in [1.807, 2.05) is 50.2 Å². The van der Waals surface area contributed by atoms with Crippen molar-refractivity contribution in [2.75, 3.05) is 51.3 Å². The lowest BCUT2D eigenvalue weighted by molar-refractivity contribution is -0.163. The fourth-order valence-corrected chi connectivity index (χ4v) is 19.3. The molecule has 0 heterocycles. The number of carbonyl (C=O) groups is 1. The molecular formula is C64H104N2O2P2. The van der Waals surface area contributed by atoms with Gasteiger partial charge in [0.25, 0.3) is 0 Å². The van der Waals surface area contributed by atoms with E-state index in [0.29, 0.717) is 42.5 Å². The number of unbranched alkanes of at least 4 members (excludes halogenated alkanes) is 1. The monoisotopic (exact) mass is 995 g/mol. The fraction of sp³-hybridized carbons (Fsp3) is 0.641. The quantitative estimate of drug-likeness (QED) is 0.0742. The van der Waals surface area contributed by atoms with Gasteiger partial charge in [0, 0.05) is 56.0 Å². The summed E-state index contributed by atoms with van der Waals surface area (Å²) in [7, 11) is 2.03. The maximum Gasteiger partial charge on any atom is 0.162 e. The van der Waals surface area contributed by atoms with Crippen LogP contribution in [-0.2, 0) is 9.53 Å². The summed E-state index contributed by atoms with van der Waals surface area (Å²) >= 11 is 0. The van der Waals surface area contributed by atoms with Crippen molar-refractivity contribution in [2.24, 2.45) is 34.5 Å². The van der Waals surface area contributed by atoms with Crippen LogP contribution in [0.4, 0.5) is 0 Å². The molecule has 0 bridgehead atoms. The minimum Gasteiger partial charge on any atom is -0.389 e. The van der Waals surface area contributed by atoms with E-state index in [9.17, 15) is 4.79 Å². The Hall–Kier alpha value is -2.77. The van der Waals surface area contributed by atoms with Gasteiger partial charge in [-0.1, -0.05) is 171 Å². The Bertz CT molecular complexity index is 1920. The molecule has 1 aromatic carbocycles. The number of nitrogens with one attached hydrogen (secondary N) is 1. The summed E-state index contributed by atoms with van der Waals surface area (Å²) in [6, 6.07) is 12.0. The molecule has 5 aliphatic rings. The topological polar surface area (TPSA) is 41.6 Å². The highest BCUT2D eigenvalue weighted by molar-refractivity contribution is 7.74. The predicted molar refractivity (Wildman–Crippen MR) is 315 cm³/mol. The van der Waals surface area contributed by atoms with Crippen LogP contribution in [0.3, 0.4) is 0 Å². The van der Waals surface area contributed by atoms with E-state index in [2.05, 4.69) is 122 Å². The molecule has 0 aliphatic heterocycles. The molecule has 2 fully saturated rings. The molecule has 2 saturated carbocycles. The molecule has 1 N–H and O–H groups in total. The molecule has 392 valence electrons. The third kappa shape index (κ3) is 17.2. The van der Waals surface area contributed by atoms with Crippen LogP contribution in [0.5, 0.6) is 0 Å². The summed E-state index contributed by atoms with van der Waals surface area (Å²) in [6.07, 6.45) is 37.9. The highest BCUT2D eigenvalue weighted by atomic mass is 31.2. The molecular weight excluding hydrogens is 891 g/mol. The summed E-state index contributed by atoms with van der Waals surface area (Å²) in [5.41, 5.74) is 9.83. The third-order valence-electron chi connectivity index (χ3n) is 16.7. The minimum atomic E-state index is -0.299. The Morgan fingerprint density at radius 1 is 0.957 bits per heavy atom. The first-order valence-electron chi connectivity index (χ1n) is 28.3. The lowest BCUT2D eigenvalue weighted by atomic mass is 9.43. The number of hydrogen-bond donors (Lipinski definition) is 1. The van der Waals surface area contributed by atoms with Crippen LogP contribution in [0.15, 0.2) is 132 Å². The van der Waals surface area contributed by atoms with Crippen LogP contribution < -0.4 is 5.32 Å². The molecule has 70 heavy (non-hydrogen) atoms. The zero-order valence-corrected chi connectivity index (χ0v) is 48.4. The van der Waals surface area contributed by atoms with E-state index in [4.69, 9.17) is 4.74 Å². The van der Waals surface area contributed by atoms with Crippen LogP contribution in [0, 0.1) is 34.5 Å². The number of benzene rings is 1. The lowest BCUT2D eigenvalue weighted by Gasteiger charge is -2.61. The van der Waals surface area contributed by atoms with E-state index in [0.717, 1.165) is 49.7 Å². The van der Waals surface area contributed by atoms with Gasteiger partial charge in [-0.15, -0.1) is 15.8 Å². The molecule has 6 rings (SSSR count). The van der Waals surface area contributed by atoms with E-state index in [-0.39, 0.29) is 34.2 Å². The number of carbonyl (C=O) groups excluding carboxylic acids is 1. The van der Waals surface area contributed by atoms with E-state index < -0.39 is 0 Å². The number of nitrogens with zero attached hydrogens (tertiary/aromatic N) is 1. The summed E-state index contributed by atoms with van der Waals surface area (Å²) in [5, 5.41) is 3.67. The zero-order chi connectivity index (χ0) is 51.1. The number of hydrogen-bond acceptors (Lipinski definition) is 4. The highest BCUT2D eigenvalue weighted by Gasteiger charge is 2.59. The second-order valence-electron chi connectivity index (χ2n) is 21.7. The van der Waals surface area contributed by atoms with E-state index in [1.165, 1.54) is 113 Å². The third-order valence-corrected chi connectivity index (χ3v) is 23.1. The Labute approximate surface area is 435 Å². The molecule has 1 aromatic rings. The van der Waals surface area contributed by atoms with E-state index >= 15 is 0 Å². The normalized spacial score (nSPS) is 26.1. The molecule has 9 unspecified atom stereocenters. The molecule has 0 radical (unpaired) electrons. The summed E-state index contributed by atoms with van der Waals surface area (Å²) in [5.74, 6) is 3.96. The second-order valence-corrected chi connectivity index (χ2v) is 27.4. The molecule has 9 atom stereocenters. The molecule has 0 saturated heterocycles. The number of fused-ring (bicyclic) bond motifs is 3. The van der Waals surface area contributed by atoms with Gasteiger partial charge < -0.3 is 15.0 Å². The van der Waals surface area contributed by atoms with Crippen LogP contribution >= 0.6 is 15.8 Å². The largest absolute Gasteiger partial charge is 0.389 e. The molecule has 0 amide bonds. The second kappa shape index (κ2) is 31.1. The predicted octanol–water partition coefficient (Wildman–Crippen LogP) is 18.4. The summed E-state index contributed by atoms with van der Waals surface area (Å²) in [6.45, 7) is 35.6. The standard InChI is InChI=1S/C56H90N2O2P2.C6H6.C2H6.H2/c1-12-15-25-50-49-32-31-48-39-42(4)33-35-55(48,8)53(49)43(5)40-56(50,9)54(60-13-2)52(59)34-38-62(14-3)41-61(11)37-21-36-57-44(6)27-28-45(7)58(10)51-26-20-19-24-47(51)30-29-46-22-17-16-18-23-46;1-2-4-6-5-3-1;1-2;/h16-17,22,33,35,39,43,49-50,53-54,57H,4,6-7,12-15,18-21,23-32,34,36-38,40-41H2,1-3,5,8-11H3;1-6H;1-2H3;1H. The molecule has 0 spiro atoms. The first-order valence-corrected chi connectivity index (χ1v) is 32.3. The van der Waals surface area contributed by atoms with Crippen molar-refractivity contribution in [2.45, 2.75) is 177 Å². The smallest absolute Gasteiger partial charge is 0.162 e. The number of rotatable bonds is 26. The van der Waals surface area contributed by atoms with E-state index in [1.54, 1.807) is 16.7 Å². The van der Waals surface area contributed by atoms with Gasteiger partial charge in [-0.25, -0.2) is 0 Å². The Kier molecular flexibility index (Phi) is 26.5. The van der Waals surface area contributed by atoms with Gasteiger partial charge in [0.2, 0.25) is 0 Å². The van der Waals surface area contributed by atoms with Gasteiger partial charge in [0.1, 0.15) is 6.10 Å². The maximum atomic E-state index is 14.6. The Balaban J connectivity index is 0.00000136. The van der Waals surface area contributed by atoms with Crippen molar-refractivity contribution in [1.82, 2.24) is 10.2 Å². The maximum absolute atomic E-state index is 14.6. The van der Waals surface area contributed by atoms with Crippen molar-refractivity contribution < 1.29 is 11.0 Å². The van der Waals surface area contributed by atoms with Gasteiger partial charge in [-0.2, -0.15) is 0 Å². The van der Waals surface area contributed by atoms with Gasteiger partial charge >= 0.3 is 0 Å². The number of Topliss-reactive ketones (excluding diaryl/α,β-unsaturated/α-hetero) is 1. The number of ketones is 1. The average molecular weight is 995 g/mol. The Morgan fingerprint density at radius 3 is 2.33 bits per heavy atom. The fourth-order valence-electron chi connectivity index (χ4n) is 13.1. The minimum absolute atomic E-state index is 0. The van der Waals surface area contributed by atoms with Crippen molar-refractivity contribution >= 4 is 21.6 Å². The molecule has 0 aromatic heterocycles. The summed E-state index contributed by atoms with van der Waals surface area (Å²) in [4.78, 5) is 17.0. The van der Waals surface area contributed by atoms with Gasteiger partial charge in [-0.3, -0.25) is 4.79 Å². The SMILES string of the molecule is C=C1C=CC2(C)C(=C1)CCC1C2C(C)CC(C)(C(OCC)C(=O)CCP(CC)CP(C)CCCNC(=C)CCC(=C)N(C)C2=C(CCC3=CC=CCC3)CCCC2)C1CCCC.CC.[HH].c1ccccc1. The van der Waals surface area contributed by atoms with Crippen molar-refractivity contribution in [3.8, 4) is 0 Å². The molecule has 4 nitrogen and oxygen atoms in total. The van der Waals surface area contributed by atoms with Gasteiger partial charge in [0.05, 0.1) is 0 Å². The zero-order valence-electron chi connectivity index (χ0n) is 46.6.